The molecule has 21 heavy (non-hydrogen) atoms. The van der Waals surface area contributed by atoms with Gasteiger partial charge in [0.15, 0.2) is 0 Å². The van der Waals surface area contributed by atoms with E-state index in [2.05, 4.69) is 0 Å². The number of amides is 1. The quantitative estimate of drug-likeness (QED) is 0.921. The van der Waals surface area contributed by atoms with E-state index in [4.69, 9.17) is 28.9 Å². The Bertz CT molecular complexity index is 702. The van der Waals surface area contributed by atoms with Crippen molar-refractivity contribution in [3.05, 3.63) is 63.6 Å². The number of hydrogen-bond acceptors (Lipinski definition) is 2. The van der Waals surface area contributed by atoms with Gasteiger partial charge >= 0.3 is 0 Å². The van der Waals surface area contributed by atoms with E-state index >= 15 is 0 Å². The van der Waals surface area contributed by atoms with Gasteiger partial charge in [-0.1, -0.05) is 47.5 Å². The minimum Gasteiger partial charge on any atom is -0.320 e. The smallest absolute Gasteiger partial charge is 0.244 e. The number of anilines is 1. The molecule has 0 bridgehead atoms. The zero-order chi connectivity index (χ0) is 15.0. The van der Waals surface area contributed by atoms with Gasteiger partial charge in [-0.3, -0.25) is 4.79 Å². The van der Waals surface area contributed by atoms with Crippen molar-refractivity contribution < 1.29 is 4.79 Å². The summed E-state index contributed by atoms with van der Waals surface area (Å²) in [4.78, 5) is 14.1. The first-order chi connectivity index (χ1) is 10.1. The molecule has 0 aromatic heterocycles. The molecule has 5 heteroatoms. The Morgan fingerprint density at radius 1 is 1.19 bits per heavy atom. The highest BCUT2D eigenvalue weighted by Crippen LogP contribution is 2.32. The molecule has 3 nitrogen and oxygen atoms in total. The van der Waals surface area contributed by atoms with E-state index < -0.39 is 6.04 Å². The minimum atomic E-state index is -0.527. The van der Waals surface area contributed by atoms with Crippen LogP contribution >= 0.6 is 23.2 Å². The molecule has 0 saturated carbocycles. The average Bonchev–Trinajstić information content (AvgIpc) is 2.46. The van der Waals surface area contributed by atoms with Crippen LogP contribution in [0.5, 0.6) is 0 Å². The largest absolute Gasteiger partial charge is 0.320 e. The number of hydrogen-bond donors (Lipinski definition) is 1. The van der Waals surface area contributed by atoms with Crippen molar-refractivity contribution in [1.29, 1.82) is 0 Å². The molecule has 0 spiro atoms. The Labute approximate surface area is 133 Å². The molecule has 2 aromatic carbocycles. The molecule has 2 N–H and O–H groups in total. The molecular formula is C16H14Cl2N2O. The fourth-order valence-corrected chi connectivity index (χ4v) is 2.93. The highest BCUT2D eigenvalue weighted by atomic mass is 35.5. The first-order valence-electron chi connectivity index (χ1n) is 6.65. The lowest BCUT2D eigenvalue weighted by molar-refractivity contribution is -0.120. The van der Waals surface area contributed by atoms with Crippen molar-refractivity contribution in [2.75, 3.05) is 4.90 Å². The minimum absolute atomic E-state index is 0.107. The number of halogens is 2. The zero-order valence-corrected chi connectivity index (χ0v) is 12.7. The Kier molecular flexibility index (Phi) is 3.89. The van der Waals surface area contributed by atoms with Gasteiger partial charge in [0.25, 0.3) is 0 Å². The third-order valence-electron chi connectivity index (χ3n) is 3.65. The highest BCUT2D eigenvalue weighted by Gasteiger charge is 2.30. The normalized spacial score (nSPS) is 17.8. The summed E-state index contributed by atoms with van der Waals surface area (Å²) in [6, 6.07) is 12.5. The van der Waals surface area contributed by atoms with Crippen LogP contribution in [0.3, 0.4) is 0 Å². The SMILES string of the molecule is NC1Cc2ccc(Cl)cc2N(Cc2ccccc2Cl)C1=O. The number of nitrogens with zero attached hydrogens (tertiary/aromatic N) is 1. The average molecular weight is 321 g/mol. The maximum absolute atomic E-state index is 12.4. The summed E-state index contributed by atoms with van der Waals surface area (Å²) in [7, 11) is 0. The van der Waals surface area contributed by atoms with Gasteiger partial charge in [0.05, 0.1) is 12.6 Å². The maximum atomic E-state index is 12.4. The third kappa shape index (κ3) is 2.77. The first-order valence-corrected chi connectivity index (χ1v) is 7.40. The van der Waals surface area contributed by atoms with Crippen molar-refractivity contribution in [3.8, 4) is 0 Å². The lowest BCUT2D eigenvalue weighted by Gasteiger charge is -2.33. The Morgan fingerprint density at radius 3 is 2.71 bits per heavy atom. The van der Waals surface area contributed by atoms with Crippen LogP contribution in [-0.4, -0.2) is 11.9 Å². The van der Waals surface area contributed by atoms with Crippen molar-refractivity contribution >= 4 is 34.8 Å². The van der Waals surface area contributed by atoms with Gasteiger partial charge in [-0.2, -0.15) is 0 Å². The monoisotopic (exact) mass is 320 g/mol. The summed E-state index contributed by atoms with van der Waals surface area (Å²) in [6.45, 7) is 0.388. The molecule has 0 saturated heterocycles. The fourth-order valence-electron chi connectivity index (χ4n) is 2.56. The predicted octanol–water partition coefficient (Wildman–Crippen LogP) is 3.41. The molecule has 1 aliphatic heterocycles. The highest BCUT2D eigenvalue weighted by molar-refractivity contribution is 6.31. The summed E-state index contributed by atoms with van der Waals surface area (Å²) >= 11 is 12.3. The van der Waals surface area contributed by atoms with Crippen LogP contribution in [0.25, 0.3) is 0 Å². The van der Waals surface area contributed by atoms with Gasteiger partial charge in [-0.25, -0.2) is 0 Å². The fraction of sp³-hybridized carbons (Fsp3) is 0.188. The number of carbonyl (C=O) groups is 1. The van der Waals surface area contributed by atoms with E-state index in [1.807, 2.05) is 36.4 Å². The topological polar surface area (TPSA) is 46.3 Å². The number of carbonyl (C=O) groups excluding carboxylic acids is 1. The molecule has 1 aliphatic rings. The van der Waals surface area contributed by atoms with E-state index in [1.54, 1.807) is 11.0 Å². The molecule has 1 atom stereocenters. The van der Waals surface area contributed by atoms with Crippen molar-refractivity contribution in [2.45, 2.75) is 19.0 Å². The molecule has 2 aromatic rings. The Balaban J connectivity index is 2.03. The molecule has 0 fully saturated rings. The van der Waals surface area contributed by atoms with E-state index in [0.29, 0.717) is 23.0 Å². The second-order valence-electron chi connectivity index (χ2n) is 5.10. The van der Waals surface area contributed by atoms with Crippen LogP contribution in [0.4, 0.5) is 5.69 Å². The van der Waals surface area contributed by atoms with E-state index in [1.165, 1.54) is 0 Å². The van der Waals surface area contributed by atoms with Crippen molar-refractivity contribution in [1.82, 2.24) is 0 Å². The maximum Gasteiger partial charge on any atom is 0.244 e. The lowest BCUT2D eigenvalue weighted by Crippen LogP contribution is -2.48. The second kappa shape index (κ2) is 5.68. The van der Waals surface area contributed by atoms with Crippen LogP contribution in [0.1, 0.15) is 11.1 Å². The predicted molar refractivity (Wildman–Crippen MR) is 85.8 cm³/mol. The standard InChI is InChI=1S/C16H14Cl2N2O/c17-12-6-5-10-7-14(19)16(21)20(15(10)8-12)9-11-3-1-2-4-13(11)18/h1-6,8,14H,7,9,19H2. The van der Waals surface area contributed by atoms with Crippen LogP contribution in [-0.2, 0) is 17.8 Å². The van der Waals surface area contributed by atoms with Gasteiger partial charge < -0.3 is 10.6 Å². The van der Waals surface area contributed by atoms with Gasteiger partial charge in [0.1, 0.15) is 0 Å². The molecule has 1 unspecified atom stereocenters. The second-order valence-corrected chi connectivity index (χ2v) is 5.94. The van der Waals surface area contributed by atoms with Crippen LogP contribution in [0, 0.1) is 0 Å². The van der Waals surface area contributed by atoms with Crippen molar-refractivity contribution in [3.63, 3.8) is 0 Å². The number of benzene rings is 2. The summed E-state index contributed by atoms with van der Waals surface area (Å²) < 4.78 is 0. The van der Waals surface area contributed by atoms with Gasteiger partial charge in [0, 0.05) is 15.7 Å². The molecule has 0 radical (unpaired) electrons. The number of fused-ring (bicyclic) bond motifs is 1. The van der Waals surface area contributed by atoms with Crippen LogP contribution in [0.15, 0.2) is 42.5 Å². The molecule has 1 heterocycles. The first kappa shape index (κ1) is 14.4. The van der Waals surface area contributed by atoms with Crippen LogP contribution < -0.4 is 10.6 Å². The Hall–Kier alpha value is -1.55. The summed E-state index contributed by atoms with van der Waals surface area (Å²) in [5.41, 5.74) is 8.68. The summed E-state index contributed by atoms with van der Waals surface area (Å²) in [5, 5.41) is 1.23. The van der Waals surface area contributed by atoms with E-state index in [-0.39, 0.29) is 5.91 Å². The van der Waals surface area contributed by atoms with E-state index in [0.717, 1.165) is 16.8 Å². The summed E-state index contributed by atoms with van der Waals surface area (Å²) in [6.07, 6.45) is 0.532. The zero-order valence-electron chi connectivity index (χ0n) is 11.2. The molecular weight excluding hydrogens is 307 g/mol. The lowest BCUT2D eigenvalue weighted by atomic mass is 9.97. The van der Waals surface area contributed by atoms with Crippen LogP contribution in [0.2, 0.25) is 10.0 Å². The van der Waals surface area contributed by atoms with Crippen molar-refractivity contribution in [2.24, 2.45) is 5.73 Å². The van der Waals surface area contributed by atoms with Gasteiger partial charge in [-0.15, -0.1) is 0 Å². The number of rotatable bonds is 2. The molecule has 108 valence electrons. The number of nitrogens with two attached hydrogens (primary N) is 1. The molecule has 1 amide bonds. The molecule has 0 aliphatic carbocycles. The molecule has 3 rings (SSSR count). The Morgan fingerprint density at radius 2 is 1.95 bits per heavy atom. The van der Waals surface area contributed by atoms with E-state index in [9.17, 15) is 4.79 Å². The van der Waals surface area contributed by atoms with Gasteiger partial charge in [0.2, 0.25) is 5.91 Å². The van der Waals surface area contributed by atoms with Gasteiger partial charge in [-0.05, 0) is 35.7 Å². The summed E-state index contributed by atoms with van der Waals surface area (Å²) in [5.74, 6) is -0.107. The third-order valence-corrected chi connectivity index (χ3v) is 4.25.